The lowest BCUT2D eigenvalue weighted by atomic mass is 10.1. The zero-order valence-corrected chi connectivity index (χ0v) is 17.1. The third kappa shape index (κ3) is 4.08. The summed E-state index contributed by atoms with van der Waals surface area (Å²) in [7, 11) is -3.78. The molecule has 5 nitrogen and oxygen atoms in total. The molecule has 0 atom stereocenters. The first kappa shape index (κ1) is 20.0. The number of amides is 1. The fourth-order valence-electron chi connectivity index (χ4n) is 3.19. The minimum atomic E-state index is -3.78. The van der Waals surface area contributed by atoms with Gasteiger partial charge in [-0.05, 0) is 47.9 Å². The second kappa shape index (κ2) is 8.12. The van der Waals surface area contributed by atoms with E-state index in [0.29, 0.717) is 0 Å². The summed E-state index contributed by atoms with van der Waals surface area (Å²) >= 11 is 0. The molecule has 146 valence electrons. The number of nitrogens with one attached hydrogen (secondary N) is 1. The van der Waals surface area contributed by atoms with Crippen molar-refractivity contribution in [1.82, 2.24) is 4.31 Å². The Labute approximate surface area is 166 Å². The Kier molecular flexibility index (Phi) is 5.82. The van der Waals surface area contributed by atoms with Gasteiger partial charge in [0.2, 0.25) is 15.9 Å². The van der Waals surface area contributed by atoms with E-state index < -0.39 is 10.0 Å². The summed E-state index contributed by atoms with van der Waals surface area (Å²) in [5.41, 5.74) is 2.61. The van der Waals surface area contributed by atoms with Crippen LogP contribution in [0.15, 0.2) is 65.6 Å². The standard InChI is InChI=1S/C22H24N2O3S/c1-4-24(15-21(25)23-22-16(2)8-7-9-17(22)3)28(26,27)20-13-12-18-10-5-6-11-19(18)14-20/h5-14H,4,15H2,1-3H3,(H,23,25). The molecule has 3 aromatic rings. The van der Waals surface area contributed by atoms with Crippen LogP contribution in [0.4, 0.5) is 5.69 Å². The van der Waals surface area contributed by atoms with Gasteiger partial charge in [0.1, 0.15) is 0 Å². The van der Waals surface area contributed by atoms with Crippen molar-refractivity contribution in [2.75, 3.05) is 18.4 Å². The molecule has 0 aliphatic carbocycles. The predicted molar refractivity (Wildman–Crippen MR) is 113 cm³/mol. The van der Waals surface area contributed by atoms with Crippen molar-refractivity contribution < 1.29 is 13.2 Å². The molecule has 3 aromatic carbocycles. The first-order valence-corrected chi connectivity index (χ1v) is 10.6. The topological polar surface area (TPSA) is 66.5 Å². The molecule has 0 bridgehead atoms. The van der Waals surface area contributed by atoms with Gasteiger partial charge >= 0.3 is 0 Å². The van der Waals surface area contributed by atoms with Gasteiger partial charge in [-0.2, -0.15) is 4.31 Å². The highest BCUT2D eigenvalue weighted by atomic mass is 32.2. The largest absolute Gasteiger partial charge is 0.324 e. The number of hydrogen-bond donors (Lipinski definition) is 1. The molecule has 6 heteroatoms. The van der Waals surface area contributed by atoms with Crippen LogP contribution in [0.1, 0.15) is 18.1 Å². The van der Waals surface area contributed by atoms with Gasteiger partial charge in [0.15, 0.2) is 0 Å². The van der Waals surface area contributed by atoms with Crippen molar-refractivity contribution in [2.45, 2.75) is 25.7 Å². The number of likely N-dealkylation sites (N-methyl/N-ethyl adjacent to an activating group) is 1. The van der Waals surface area contributed by atoms with Gasteiger partial charge in [0.05, 0.1) is 11.4 Å². The Morgan fingerprint density at radius 2 is 1.57 bits per heavy atom. The number of benzene rings is 3. The van der Waals surface area contributed by atoms with Gasteiger partial charge in [-0.1, -0.05) is 55.5 Å². The number of rotatable bonds is 6. The number of anilines is 1. The number of carbonyl (C=O) groups is 1. The molecule has 0 fully saturated rings. The van der Waals surface area contributed by atoms with Crippen molar-refractivity contribution in [3.05, 3.63) is 71.8 Å². The summed E-state index contributed by atoms with van der Waals surface area (Å²) in [5, 5.41) is 4.67. The first-order valence-electron chi connectivity index (χ1n) is 9.18. The fourth-order valence-corrected chi connectivity index (χ4v) is 4.64. The minimum absolute atomic E-state index is 0.188. The number of sulfonamides is 1. The molecule has 0 saturated carbocycles. The van der Waals surface area contributed by atoms with E-state index in [1.54, 1.807) is 25.1 Å². The maximum Gasteiger partial charge on any atom is 0.243 e. The Hall–Kier alpha value is -2.70. The van der Waals surface area contributed by atoms with Crippen LogP contribution in [0.3, 0.4) is 0 Å². The second-order valence-corrected chi connectivity index (χ2v) is 8.69. The van der Waals surface area contributed by atoms with Gasteiger partial charge in [0, 0.05) is 12.2 Å². The van der Waals surface area contributed by atoms with Gasteiger partial charge in [-0.25, -0.2) is 8.42 Å². The molecule has 1 amide bonds. The van der Waals surface area contributed by atoms with Crippen molar-refractivity contribution in [1.29, 1.82) is 0 Å². The van der Waals surface area contributed by atoms with Crippen LogP contribution in [0.2, 0.25) is 0 Å². The first-order chi connectivity index (χ1) is 13.3. The third-order valence-corrected chi connectivity index (χ3v) is 6.69. The summed E-state index contributed by atoms with van der Waals surface area (Å²) in [4.78, 5) is 12.7. The summed E-state index contributed by atoms with van der Waals surface area (Å²) < 4.78 is 27.3. The zero-order valence-electron chi connectivity index (χ0n) is 16.3. The highest BCUT2D eigenvalue weighted by Crippen LogP contribution is 2.23. The van der Waals surface area contributed by atoms with Crippen molar-refractivity contribution in [2.24, 2.45) is 0 Å². The van der Waals surface area contributed by atoms with Gasteiger partial charge < -0.3 is 5.32 Å². The Morgan fingerprint density at radius 1 is 0.929 bits per heavy atom. The molecule has 0 aliphatic heterocycles. The molecule has 0 aliphatic rings. The fraction of sp³-hybridized carbons (Fsp3) is 0.227. The molecule has 0 heterocycles. The van der Waals surface area contributed by atoms with Crippen LogP contribution >= 0.6 is 0 Å². The number of para-hydroxylation sites is 1. The molecular weight excluding hydrogens is 372 g/mol. The van der Waals surface area contributed by atoms with Crippen LogP contribution in [0.25, 0.3) is 10.8 Å². The molecule has 3 rings (SSSR count). The molecular formula is C22H24N2O3S. The molecule has 1 N–H and O–H groups in total. The lowest BCUT2D eigenvalue weighted by molar-refractivity contribution is -0.116. The van der Waals surface area contributed by atoms with Crippen LogP contribution in [-0.2, 0) is 14.8 Å². The molecule has 0 radical (unpaired) electrons. The average Bonchev–Trinajstić information content (AvgIpc) is 2.68. The molecule has 0 unspecified atom stereocenters. The van der Waals surface area contributed by atoms with Gasteiger partial charge in [-0.15, -0.1) is 0 Å². The number of carbonyl (C=O) groups excluding carboxylic acids is 1. The van der Waals surface area contributed by atoms with Crippen LogP contribution in [0, 0.1) is 13.8 Å². The minimum Gasteiger partial charge on any atom is -0.324 e. The Bertz CT molecular complexity index is 1100. The average molecular weight is 397 g/mol. The molecule has 0 aromatic heterocycles. The quantitative estimate of drug-likeness (QED) is 0.682. The second-order valence-electron chi connectivity index (χ2n) is 6.76. The number of nitrogens with zero attached hydrogens (tertiary/aromatic N) is 1. The summed E-state index contributed by atoms with van der Waals surface area (Å²) in [5.74, 6) is -0.358. The van der Waals surface area contributed by atoms with Crippen molar-refractivity contribution >= 4 is 32.4 Å². The molecule has 28 heavy (non-hydrogen) atoms. The van der Waals surface area contributed by atoms with Gasteiger partial charge in [0.25, 0.3) is 0 Å². The maximum absolute atomic E-state index is 13.1. The summed E-state index contributed by atoms with van der Waals surface area (Å²) in [6.45, 7) is 5.51. The summed E-state index contributed by atoms with van der Waals surface area (Å²) in [6.07, 6.45) is 0. The Balaban J connectivity index is 1.83. The lowest BCUT2D eigenvalue weighted by Crippen LogP contribution is -2.38. The van der Waals surface area contributed by atoms with E-state index in [1.807, 2.05) is 56.3 Å². The SMILES string of the molecule is CCN(CC(=O)Nc1c(C)cccc1C)S(=O)(=O)c1ccc2ccccc2c1. The smallest absolute Gasteiger partial charge is 0.243 e. The number of fused-ring (bicyclic) bond motifs is 1. The predicted octanol–water partition coefficient (Wildman–Crippen LogP) is 4.11. The lowest BCUT2D eigenvalue weighted by Gasteiger charge is -2.21. The van der Waals surface area contributed by atoms with E-state index in [4.69, 9.17) is 0 Å². The maximum atomic E-state index is 13.1. The van der Waals surface area contributed by atoms with Crippen molar-refractivity contribution in [3.63, 3.8) is 0 Å². The number of aryl methyl sites for hydroxylation is 2. The van der Waals surface area contributed by atoms with Crippen LogP contribution in [-0.4, -0.2) is 31.7 Å². The normalized spacial score (nSPS) is 11.7. The highest BCUT2D eigenvalue weighted by Gasteiger charge is 2.25. The number of hydrogen-bond acceptors (Lipinski definition) is 3. The monoisotopic (exact) mass is 396 g/mol. The van der Waals surface area contributed by atoms with Crippen molar-refractivity contribution in [3.8, 4) is 0 Å². The highest BCUT2D eigenvalue weighted by molar-refractivity contribution is 7.89. The molecule has 0 saturated heterocycles. The van der Waals surface area contributed by atoms with E-state index >= 15 is 0 Å². The van der Waals surface area contributed by atoms with Crippen LogP contribution < -0.4 is 5.32 Å². The van der Waals surface area contributed by atoms with Gasteiger partial charge in [-0.3, -0.25) is 4.79 Å². The van der Waals surface area contributed by atoms with Crippen LogP contribution in [0.5, 0.6) is 0 Å². The van der Waals surface area contributed by atoms with E-state index in [1.165, 1.54) is 4.31 Å². The zero-order chi connectivity index (χ0) is 20.3. The van der Waals surface area contributed by atoms with E-state index in [-0.39, 0.29) is 23.9 Å². The van der Waals surface area contributed by atoms with E-state index in [0.717, 1.165) is 27.6 Å². The van der Waals surface area contributed by atoms with E-state index in [2.05, 4.69) is 5.32 Å². The summed E-state index contributed by atoms with van der Waals surface area (Å²) in [6, 6.07) is 18.3. The Morgan fingerprint density at radius 3 is 2.21 bits per heavy atom. The molecule has 0 spiro atoms. The van der Waals surface area contributed by atoms with E-state index in [9.17, 15) is 13.2 Å². The third-order valence-electron chi connectivity index (χ3n) is 4.78.